The number of unbranched alkanes of at least 4 members (excludes halogenated alkanes) is 11. The summed E-state index contributed by atoms with van der Waals surface area (Å²) in [5.74, 6) is 0. The Morgan fingerprint density at radius 3 is 1.53 bits per heavy atom. The summed E-state index contributed by atoms with van der Waals surface area (Å²) in [4.78, 5) is 0. The van der Waals surface area contributed by atoms with E-state index in [1.807, 2.05) is 0 Å². The molecule has 0 aliphatic carbocycles. The molecule has 0 aliphatic rings. The van der Waals surface area contributed by atoms with Crippen LogP contribution in [0.25, 0.3) is 0 Å². The van der Waals surface area contributed by atoms with Crippen LogP contribution in [0.4, 0.5) is 25.2 Å². The fraction of sp³-hybridized carbons (Fsp3) is 0.783. The van der Waals surface area contributed by atoms with Crippen molar-refractivity contribution in [2.24, 2.45) is 5.73 Å². The Balaban J connectivity index is 0.00000118. The van der Waals surface area contributed by atoms with Crippen molar-refractivity contribution in [1.82, 2.24) is 0 Å². The molecule has 9 heteroatoms. The predicted molar refractivity (Wildman–Crippen MR) is 124 cm³/mol. The maximum atomic E-state index is 9.87. The van der Waals surface area contributed by atoms with Crippen LogP contribution in [0.15, 0.2) is 12.1 Å². The van der Waals surface area contributed by atoms with Crippen molar-refractivity contribution < 1.29 is 29.7 Å². The first kappa shape index (κ1) is 31.1. The summed E-state index contributed by atoms with van der Waals surface area (Å²) >= 11 is 0. The van der Waals surface area contributed by atoms with E-state index < -0.39 is 7.81 Å². The van der Waals surface area contributed by atoms with Crippen molar-refractivity contribution in [1.29, 1.82) is 0 Å². The van der Waals surface area contributed by atoms with Crippen LogP contribution in [-0.4, -0.2) is 6.54 Å². The van der Waals surface area contributed by atoms with Gasteiger partial charge in [0, 0.05) is 25.5 Å². The summed E-state index contributed by atoms with van der Waals surface area (Å²) in [5, 5.41) is 0. The molecular formula is C23H43F6N2P. The van der Waals surface area contributed by atoms with Gasteiger partial charge >= 0.3 is 33.0 Å². The fourth-order valence-corrected chi connectivity index (χ4v) is 3.82. The van der Waals surface area contributed by atoms with Gasteiger partial charge in [-0.1, -0.05) is 77.6 Å². The van der Waals surface area contributed by atoms with E-state index in [9.17, 15) is 25.2 Å². The molecule has 32 heavy (non-hydrogen) atoms. The molecule has 1 aromatic rings. The van der Waals surface area contributed by atoms with Gasteiger partial charge in [-0.05, 0) is 18.9 Å². The first-order chi connectivity index (χ1) is 14.6. The molecule has 0 aliphatic heterocycles. The number of aryl methyl sites for hydroxylation is 3. The van der Waals surface area contributed by atoms with E-state index in [1.165, 1.54) is 100 Å². The van der Waals surface area contributed by atoms with Gasteiger partial charge in [-0.25, -0.2) is 0 Å². The first-order valence-corrected chi connectivity index (χ1v) is 13.9. The van der Waals surface area contributed by atoms with Crippen LogP contribution in [0.5, 0.6) is 0 Å². The van der Waals surface area contributed by atoms with Crippen LogP contribution < -0.4 is 10.3 Å². The van der Waals surface area contributed by atoms with Gasteiger partial charge in [0.1, 0.15) is 0 Å². The molecule has 0 saturated carbocycles. The molecule has 0 bridgehead atoms. The fourth-order valence-electron chi connectivity index (χ4n) is 3.82. The van der Waals surface area contributed by atoms with Crippen molar-refractivity contribution in [2.45, 2.75) is 111 Å². The predicted octanol–water partition coefficient (Wildman–Crippen LogP) is 9.18. The monoisotopic (exact) mass is 492 g/mol. The van der Waals surface area contributed by atoms with Crippen LogP contribution in [0.2, 0.25) is 0 Å². The topological polar surface area (TPSA) is 29.9 Å². The summed E-state index contributed by atoms with van der Waals surface area (Å²) in [6.45, 7) is 8.36. The molecule has 0 spiro atoms. The third-order valence-electron chi connectivity index (χ3n) is 5.24. The summed E-state index contributed by atoms with van der Waals surface area (Å²) < 4.78 is 61.6. The van der Waals surface area contributed by atoms with E-state index >= 15 is 0 Å². The Morgan fingerprint density at radius 2 is 1.12 bits per heavy atom. The molecule has 0 radical (unpaired) electrons. The summed E-state index contributed by atoms with van der Waals surface area (Å²) in [6, 6.07) is 4.61. The van der Waals surface area contributed by atoms with Crippen molar-refractivity contribution >= 4 is 7.81 Å². The molecule has 0 saturated heterocycles. The van der Waals surface area contributed by atoms with Crippen LogP contribution >= 0.6 is 7.81 Å². The third kappa shape index (κ3) is 22.3. The molecule has 0 fully saturated rings. The molecule has 192 valence electrons. The van der Waals surface area contributed by atoms with E-state index in [4.69, 9.17) is 5.73 Å². The number of pyridine rings is 1. The Kier molecular flexibility index (Phi) is 13.4. The summed E-state index contributed by atoms with van der Waals surface area (Å²) in [6.07, 6.45) is 18.1. The summed E-state index contributed by atoms with van der Waals surface area (Å²) in [5.41, 5.74) is 9.97. The van der Waals surface area contributed by atoms with E-state index in [1.54, 1.807) is 0 Å². The van der Waals surface area contributed by atoms with E-state index in [-0.39, 0.29) is 0 Å². The first-order valence-electron chi connectivity index (χ1n) is 11.9. The number of nitrogens with two attached hydrogens (primary N) is 1. The maximum absolute atomic E-state index is 10.7. The molecule has 0 unspecified atom stereocenters. The van der Waals surface area contributed by atoms with Crippen molar-refractivity contribution in [2.75, 3.05) is 6.54 Å². The van der Waals surface area contributed by atoms with Gasteiger partial charge < -0.3 is 5.73 Å². The summed E-state index contributed by atoms with van der Waals surface area (Å²) in [7, 11) is -10.7. The number of hydrogen-bond donors (Lipinski definition) is 1. The average molecular weight is 493 g/mol. The Labute approximate surface area is 190 Å². The second-order valence-corrected chi connectivity index (χ2v) is 10.6. The molecular weight excluding hydrogens is 449 g/mol. The second kappa shape index (κ2) is 13.7. The minimum atomic E-state index is -10.7. The minimum absolute atomic E-state index is 0.722. The van der Waals surface area contributed by atoms with E-state index in [2.05, 4.69) is 37.5 Å². The second-order valence-electron chi connectivity index (χ2n) is 8.70. The Bertz CT molecular complexity index is 636. The molecule has 2 N–H and O–H groups in total. The standard InChI is InChI=1S/C23H43N2.F6P/c1-4-5-6-7-8-9-10-11-12-13-14-15-16-23-20-21(2)19-22(3)25(23)18-17-24;1-7(2,3,4,5)6/h19-20H,4-18,24H2,1-3H3;/q+1;-1. The SMILES string of the molecule is CCCCCCCCCCCCCCc1cc(C)cc(C)[n+]1CCN.F[P-](F)(F)(F)(F)F. The van der Waals surface area contributed by atoms with Gasteiger partial charge in [-0.3, -0.25) is 0 Å². The van der Waals surface area contributed by atoms with Crippen LogP contribution in [0.3, 0.4) is 0 Å². The van der Waals surface area contributed by atoms with E-state index in [0.717, 1.165) is 13.1 Å². The van der Waals surface area contributed by atoms with Gasteiger partial charge in [-0.2, -0.15) is 4.57 Å². The third-order valence-corrected chi connectivity index (χ3v) is 5.24. The van der Waals surface area contributed by atoms with Gasteiger partial charge in [0.2, 0.25) is 0 Å². The number of nitrogens with zero attached hydrogens (tertiary/aromatic N) is 1. The van der Waals surface area contributed by atoms with Crippen LogP contribution in [0.1, 0.15) is 101 Å². The number of halogens is 6. The quantitative estimate of drug-likeness (QED) is 0.112. The van der Waals surface area contributed by atoms with Crippen LogP contribution in [-0.2, 0) is 13.0 Å². The number of hydrogen-bond acceptors (Lipinski definition) is 1. The number of rotatable bonds is 15. The molecule has 1 aromatic heterocycles. The average Bonchev–Trinajstić information content (AvgIpc) is 2.62. The Morgan fingerprint density at radius 1 is 0.719 bits per heavy atom. The molecule has 1 rings (SSSR count). The van der Waals surface area contributed by atoms with Gasteiger partial charge in [0.05, 0.1) is 6.54 Å². The zero-order valence-corrected chi connectivity index (χ0v) is 20.9. The molecule has 1 heterocycles. The molecule has 0 amide bonds. The zero-order chi connectivity index (χ0) is 24.7. The molecule has 2 nitrogen and oxygen atoms in total. The van der Waals surface area contributed by atoms with Gasteiger partial charge in [0.25, 0.3) is 0 Å². The van der Waals surface area contributed by atoms with Crippen LogP contribution in [0, 0.1) is 13.8 Å². The Hall–Kier alpha value is -0.880. The normalized spacial score (nSPS) is 13.8. The zero-order valence-electron chi connectivity index (χ0n) is 20.0. The van der Waals surface area contributed by atoms with Crippen molar-refractivity contribution in [3.63, 3.8) is 0 Å². The van der Waals surface area contributed by atoms with Gasteiger partial charge in [-0.15, -0.1) is 0 Å². The molecule has 0 atom stereocenters. The molecule has 0 aromatic carbocycles. The van der Waals surface area contributed by atoms with Crippen molar-refractivity contribution in [3.8, 4) is 0 Å². The van der Waals surface area contributed by atoms with Gasteiger partial charge in [0.15, 0.2) is 17.9 Å². The number of aromatic nitrogens is 1. The van der Waals surface area contributed by atoms with Crippen molar-refractivity contribution in [3.05, 3.63) is 29.1 Å². The van der Waals surface area contributed by atoms with E-state index in [0.29, 0.717) is 0 Å².